The molecule has 0 aromatic heterocycles. The predicted octanol–water partition coefficient (Wildman–Crippen LogP) is 0.142. The average molecular weight is 84.1 g/mol. The quantitative estimate of drug-likeness (QED) is 0.258. The Bertz CT molecular complexity index is 81.3. The Morgan fingerprint density at radius 2 is 2.67 bits per heavy atom. The third-order valence-electron chi connectivity index (χ3n) is 0.216. The number of hydrogen-bond acceptors (Lipinski definition) is 3. The topological polar surface area (TPSA) is 45.4 Å². The molecule has 0 aromatic rings. The molecule has 0 aliphatic rings. The maximum Gasteiger partial charge on any atom is 0.208 e. The summed E-state index contributed by atoms with van der Waals surface area (Å²) in [5.41, 5.74) is 0. The number of aliphatic imine (C=N–C) groups is 1. The van der Waals surface area contributed by atoms with Crippen LogP contribution in [0, 0.1) is 11.5 Å². The lowest BCUT2D eigenvalue weighted by Crippen LogP contribution is -1.71. The zero-order valence-corrected chi connectivity index (χ0v) is 3.38. The molecular formula is C3H4N2O. The summed E-state index contributed by atoms with van der Waals surface area (Å²) in [4.78, 5) is 3.05. The van der Waals surface area contributed by atoms with Crippen molar-refractivity contribution in [3.05, 3.63) is 0 Å². The standard InChI is InChI=1S/C3H4N2O/c1-6-3-5-2-4/h3H,1H3/b5-3-. The summed E-state index contributed by atoms with van der Waals surface area (Å²) in [7, 11) is 1.43. The molecule has 0 unspecified atom stereocenters. The molecule has 0 aliphatic carbocycles. The molecule has 3 nitrogen and oxygen atoms in total. The van der Waals surface area contributed by atoms with E-state index in [0.717, 1.165) is 6.40 Å². The number of ether oxygens (including phenoxy) is 1. The molecule has 32 valence electrons. The van der Waals surface area contributed by atoms with Crippen molar-refractivity contribution in [3.8, 4) is 6.19 Å². The van der Waals surface area contributed by atoms with Gasteiger partial charge in [0.15, 0.2) is 6.40 Å². The number of nitriles is 1. The second-order valence-corrected chi connectivity index (χ2v) is 0.570. The van der Waals surface area contributed by atoms with Gasteiger partial charge in [0.25, 0.3) is 0 Å². The van der Waals surface area contributed by atoms with E-state index < -0.39 is 0 Å². The van der Waals surface area contributed by atoms with Gasteiger partial charge in [-0.3, -0.25) is 0 Å². The van der Waals surface area contributed by atoms with E-state index in [2.05, 4.69) is 9.73 Å². The lowest BCUT2D eigenvalue weighted by molar-refractivity contribution is 0.423. The molecule has 0 bridgehead atoms. The second-order valence-electron chi connectivity index (χ2n) is 0.570. The van der Waals surface area contributed by atoms with Crippen molar-refractivity contribution in [2.45, 2.75) is 0 Å². The minimum absolute atomic E-state index is 1.07. The van der Waals surface area contributed by atoms with E-state index >= 15 is 0 Å². The number of hydrogen-bond donors (Lipinski definition) is 0. The van der Waals surface area contributed by atoms with Crippen LogP contribution >= 0.6 is 0 Å². The first kappa shape index (κ1) is 4.96. The Morgan fingerprint density at radius 1 is 2.00 bits per heavy atom. The van der Waals surface area contributed by atoms with Crippen molar-refractivity contribution in [2.24, 2.45) is 4.99 Å². The second kappa shape index (κ2) is 3.96. The SMILES string of the molecule is CO/C=N\C#N. The molecule has 0 heterocycles. The van der Waals surface area contributed by atoms with Gasteiger partial charge >= 0.3 is 0 Å². The molecule has 3 heteroatoms. The number of nitrogens with zero attached hydrogens (tertiary/aromatic N) is 2. The van der Waals surface area contributed by atoms with Crippen molar-refractivity contribution in [3.63, 3.8) is 0 Å². The van der Waals surface area contributed by atoms with Crippen LogP contribution < -0.4 is 0 Å². The highest BCUT2D eigenvalue weighted by molar-refractivity contribution is 5.47. The number of methoxy groups -OCH3 is 1. The fourth-order valence-corrected chi connectivity index (χ4v) is 0.0763. The van der Waals surface area contributed by atoms with Crippen LogP contribution in [0.25, 0.3) is 0 Å². The Kier molecular flexibility index (Phi) is 3.27. The summed E-state index contributed by atoms with van der Waals surface area (Å²) in [6.45, 7) is 0. The lowest BCUT2D eigenvalue weighted by Gasteiger charge is -1.74. The van der Waals surface area contributed by atoms with Crippen molar-refractivity contribution in [1.29, 1.82) is 5.26 Å². The Labute approximate surface area is 35.9 Å². The highest BCUT2D eigenvalue weighted by Gasteiger charge is 1.55. The van der Waals surface area contributed by atoms with Crippen LogP contribution in [0.5, 0.6) is 0 Å². The first-order chi connectivity index (χ1) is 2.91. The first-order valence-corrected chi connectivity index (χ1v) is 1.35. The van der Waals surface area contributed by atoms with Gasteiger partial charge in [0.05, 0.1) is 7.11 Å². The van der Waals surface area contributed by atoms with Crippen molar-refractivity contribution < 1.29 is 4.74 Å². The molecule has 0 spiro atoms. The summed E-state index contributed by atoms with van der Waals surface area (Å²) in [6, 6.07) is 0. The molecule has 0 aliphatic heterocycles. The van der Waals surface area contributed by atoms with Gasteiger partial charge in [0.2, 0.25) is 6.19 Å². The Morgan fingerprint density at radius 3 is 2.83 bits per heavy atom. The molecular weight excluding hydrogens is 80.0 g/mol. The molecule has 0 fully saturated rings. The third kappa shape index (κ3) is 2.96. The predicted molar refractivity (Wildman–Crippen MR) is 21.1 cm³/mol. The monoisotopic (exact) mass is 84.0 g/mol. The lowest BCUT2D eigenvalue weighted by atomic mass is 11.3. The highest BCUT2D eigenvalue weighted by atomic mass is 16.5. The molecule has 0 atom stereocenters. The van der Waals surface area contributed by atoms with Gasteiger partial charge in [-0.2, -0.15) is 5.26 Å². The third-order valence-corrected chi connectivity index (χ3v) is 0.216. The van der Waals surface area contributed by atoms with Crippen LogP contribution in [0.1, 0.15) is 0 Å². The molecule has 6 heavy (non-hydrogen) atoms. The van der Waals surface area contributed by atoms with Crippen molar-refractivity contribution in [1.82, 2.24) is 0 Å². The van der Waals surface area contributed by atoms with Crippen LogP contribution in [0.4, 0.5) is 0 Å². The summed E-state index contributed by atoms with van der Waals surface area (Å²) >= 11 is 0. The van der Waals surface area contributed by atoms with Gasteiger partial charge in [0.1, 0.15) is 0 Å². The van der Waals surface area contributed by atoms with Crippen LogP contribution in [-0.2, 0) is 4.74 Å². The van der Waals surface area contributed by atoms with E-state index in [9.17, 15) is 0 Å². The summed E-state index contributed by atoms with van der Waals surface area (Å²) in [5, 5.41) is 7.67. The first-order valence-electron chi connectivity index (χ1n) is 1.35. The van der Waals surface area contributed by atoms with Gasteiger partial charge in [-0.15, -0.1) is 4.99 Å². The van der Waals surface area contributed by atoms with Gasteiger partial charge in [-0.1, -0.05) is 0 Å². The Hall–Kier alpha value is -1.04. The maximum atomic E-state index is 7.67. The molecule has 0 radical (unpaired) electrons. The fourth-order valence-electron chi connectivity index (χ4n) is 0.0763. The molecule has 0 saturated heterocycles. The van der Waals surface area contributed by atoms with Crippen LogP contribution in [-0.4, -0.2) is 13.5 Å². The van der Waals surface area contributed by atoms with E-state index in [-0.39, 0.29) is 0 Å². The fraction of sp³-hybridized carbons (Fsp3) is 0.333. The van der Waals surface area contributed by atoms with Crippen LogP contribution in [0.15, 0.2) is 4.99 Å². The van der Waals surface area contributed by atoms with Crippen molar-refractivity contribution >= 4 is 6.40 Å². The summed E-state index contributed by atoms with van der Waals surface area (Å²) < 4.78 is 4.27. The van der Waals surface area contributed by atoms with E-state index in [1.807, 2.05) is 0 Å². The Balaban J connectivity index is 3.02. The minimum Gasteiger partial charge on any atom is -0.486 e. The van der Waals surface area contributed by atoms with Gasteiger partial charge in [-0.05, 0) is 0 Å². The molecule has 0 rings (SSSR count). The normalized spacial score (nSPS) is 8.00. The molecule has 0 amide bonds. The maximum absolute atomic E-state index is 7.67. The van der Waals surface area contributed by atoms with Crippen LogP contribution in [0.3, 0.4) is 0 Å². The van der Waals surface area contributed by atoms with Crippen LogP contribution in [0.2, 0.25) is 0 Å². The zero-order valence-electron chi connectivity index (χ0n) is 3.38. The average Bonchev–Trinajstić information content (AvgIpc) is 1.61. The van der Waals surface area contributed by atoms with E-state index in [4.69, 9.17) is 5.26 Å². The summed E-state index contributed by atoms with van der Waals surface area (Å²) in [6.07, 6.45) is 2.58. The highest BCUT2D eigenvalue weighted by Crippen LogP contribution is 1.54. The molecule has 0 N–H and O–H groups in total. The van der Waals surface area contributed by atoms with E-state index in [1.54, 1.807) is 0 Å². The molecule has 0 saturated carbocycles. The zero-order chi connectivity index (χ0) is 4.83. The molecule has 0 aromatic carbocycles. The summed E-state index contributed by atoms with van der Waals surface area (Å²) in [5.74, 6) is 0. The minimum atomic E-state index is 1.07. The van der Waals surface area contributed by atoms with Gasteiger partial charge < -0.3 is 4.74 Å². The van der Waals surface area contributed by atoms with E-state index in [1.165, 1.54) is 13.3 Å². The van der Waals surface area contributed by atoms with Gasteiger partial charge in [0, 0.05) is 0 Å². The largest absolute Gasteiger partial charge is 0.486 e. The van der Waals surface area contributed by atoms with E-state index in [0.29, 0.717) is 0 Å². The van der Waals surface area contributed by atoms with Gasteiger partial charge in [-0.25, -0.2) is 0 Å². The van der Waals surface area contributed by atoms with Crippen molar-refractivity contribution in [2.75, 3.05) is 7.11 Å². The number of rotatable bonds is 1. The smallest absolute Gasteiger partial charge is 0.208 e.